The van der Waals surface area contributed by atoms with Gasteiger partial charge in [0.1, 0.15) is 24.1 Å². The topological polar surface area (TPSA) is 132 Å². The van der Waals surface area contributed by atoms with Crippen molar-refractivity contribution in [1.82, 2.24) is 9.55 Å². The van der Waals surface area contributed by atoms with Crippen LogP contribution < -0.4 is 11.0 Å². The number of aromatic nitrogens is 2. The highest BCUT2D eigenvalue weighted by molar-refractivity contribution is 6.03. The Kier molecular flexibility index (Phi) is 6.73. The van der Waals surface area contributed by atoms with E-state index in [2.05, 4.69) is 10.3 Å². The standard InChI is InChI=1S/C21H25N3O7/c25-12-14-17(26)18(31-16-8-4-5-11-29-16)20(30-14)24-10-9-15(23-21(24)28)22-19(27)13-6-2-1-3-7-13/h1-3,6-7,9-10,14,16-18,20,25-26H,4-5,8,11-12H2,(H,22,23,27,28). The highest BCUT2D eigenvalue weighted by atomic mass is 16.7. The first-order chi connectivity index (χ1) is 15.1. The Morgan fingerprint density at radius 1 is 1.26 bits per heavy atom. The zero-order valence-corrected chi connectivity index (χ0v) is 16.8. The van der Waals surface area contributed by atoms with E-state index in [1.54, 1.807) is 30.3 Å². The van der Waals surface area contributed by atoms with Gasteiger partial charge in [-0.25, -0.2) is 4.79 Å². The lowest BCUT2D eigenvalue weighted by Gasteiger charge is -2.29. The normalized spacial score (nSPS) is 28.4. The maximum absolute atomic E-state index is 12.7. The Morgan fingerprint density at radius 2 is 2.06 bits per heavy atom. The Bertz CT molecular complexity index is 945. The molecule has 5 atom stereocenters. The number of nitrogens with one attached hydrogen (secondary N) is 1. The quantitative estimate of drug-likeness (QED) is 0.608. The van der Waals surface area contributed by atoms with E-state index in [1.807, 2.05) is 0 Å². The van der Waals surface area contributed by atoms with E-state index in [4.69, 9.17) is 14.2 Å². The number of amides is 1. The number of aliphatic hydroxyl groups excluding tert-OH is 2. The van der Waals surface area contributed by atoms with Gasteiger partial charge in [0.15, 0.2) is 12.5 Å². The highest BCUT2D eigenvalue weighted by Crippen LogP contribution is 2.33. The van der Waals surface area contributed by atoms with Crippen molar-refractivity contribution in [3.05, 3.63) is 58.6 Å². The Labute approximate surface area is 178 Å². The first-order valence-electron chi connectivity index (χ1n) is 10.2. The van der Waals surface area contributed by atoms with E-state index in [9.17, 15) is 19.8 Å². The largest absolute Gasteiger partial charge is 0.394 e. The van der Waals surface area contributed by atoms with Crippen molar-refractivity contribution in [3.63, 3.8) is 0 Å². The summed E-state index contributed by atoms with van der Waals surface area (Å²) in [5.74, 6) is -0.311. The van der Waals surface area contributed by atoms with Crippen molar-refractivity contribution in [2.45, 2.75) is 50.1 Å². The molecule has 2 fully saturated rings. The zero-order valence-electron chi connectivity index (χ0n) is 16.8. The van der Waals surface area contributed by atoms with Crippen molar-refractivity contribution >= 4 is 11.7 Å². The maximum Gasteiger partial charge on any atom is 0.351 e. The fourth-order valence-electron chi connectivity index (χ4n) is 3.69. The van der Waals surface area contributed by atoms with Gasteiger partial charge in [0.05, 0.1) is 6.61 Å². The fourth-order valence-corrected chi connectivity index (χ4v) is 3.69. The van der Waals surface area contributed by atoms with Crippen LogP contribution in [0.25, 0.3) is 0 Å². The predicted molar refractivity (Wildman–Crippen MR) is 108 cm³/mol. The van der Waals surface area contributed by atoms with Crippen LogP contribution in [0.4, 0.5) is 5.82 Å². The van der Waals surface area contributed by atoms with Crippen molar-refractivity contribution in [2.75, 3.05) is 18.5 Å². The SMILES string of the molecule is O=C(Nc1ccn(C2OC(CO)C(O)C2OC2CCCCO2)c(=O)n1)c1ccccc1. The average Bonchev–Trinajstić information content (AvgIpc) is 3.10. The molecule has 1 aromatic heterocycles. The molecule has 10 nitrogen and oxygen atoms in total. The summed E-state index contributed by atoms with van der Waals surface area (Å²) in [7, 11) is 0. The third kappa shape index (κ3) is 4.83. The molecule has 0 aliphatic carbocycles. The molecule has 2 aromatic rings. The van der Waals surface area contributed by atoms with Crippen LogP contribution in [0.3, 0.4) is 0 Å². The zero-order chi connectivity index (χ0) is 21.8. The second-order valence-electron chi connectivity index (χ2n) is 7.46. The number of hydrogen-bond acceptors (Lipinski definition) is 8. The van der Waals surface area contributed by atoms with E-state index in [0.29, 0.717) is 18.6 Å². The molecule has 0 spiro atoms. The lowest BCUT2D eigenvalue weighted by atomic mass is 10.1. The van der Waals surface area contributed by atoms with Crippen LogP contribution >= 0.6 is 0 Å². The molecular weight excluding hydrogens is 406 g/mol. The van der Waals surface area contributed by atoms with Crippen LogP contribution in [-0.2, 0) is 14.2 Å². The molecule has 1 amide bonds. The first kappa shape index (κ1) is 21.6. The van der Waals surface area contributed by atoms with Crippen molar-refractivity contribution in [2.24, 2.45) is 0 Å². The van der Waals surface area contributed by atoms with Crippen LogP contribution in [0.15, 0.2) is 47.4 Å². The van der Waals surface area contributed by atoms with Gasteiger partial charge in [-0.2, -0.15) is 4.98 Å². The van der Waals surface area contributed by atoms with Gasteiger partial charge < -0.3 is 29.7 Å². The van der Waals surface area contributed by atoms with E-state index in [-0.39, 0.29) is 5.82 Å². The van der Waals surface area contributed by atoms with E-state index in [1.165, 1.54) is 16.8 Å². The average molecular weight is 431 g/mol. The number of ether oxygens (including phenoxy) is 3. The molecule has 2 aliphatic rings. The minimum Gasteiger partial charge on any atom is -0.394 e. The second-order valence-corrected chi connectivity index (χ2v) is 7.46. The third-order valence-electron chi connectivity index (χ3n) is 5.32. The Balaban J connectivity index is 1.52. The van der Waals surface area contributed by atoms with Gasteiger partial charge in [-0.3, -0.25) is 9.36 Å². The van der Waals surface area contributed by atoms with Crippen molar-refractivity contribution < 1.29 is 29.2 Å². The minimum absolute atomic E-state index is 0.0837. The Morgan fingerprint density at radius 3 is 2.74 bits per heavy atom. The third-order valence-corrected chi connectivity index (χ3v) is 5.32. The molecule has 5 unspecified atom stereocenters. The Hall–Kier alpha value is -2.63. The van der Waals surface area contributed by atoms with Crippen LogP contribution in [-0.4, -0.2) is 63.5 Å². The van der Waals surface area contributed by atoms with Gasteiger partial charge in [-0.1, -0.05) is 18.2 Å². The minimum atomic E-state index is -1.15. The number of nitrogens with zero attached hydrogens (tertiary/aromatic N) is 2. The molecule has 0 saturated carbocycles. The summed E-state index contributed by atoms with van der Waals surface area (Å²) in [5.41, 5.74) is -0.262. The summed E-state index contributed by atoms with van der Waals surface area (Å²) in [6, 6.07) is 10.0. The van der Waals surface area contributed by atoms with E-state index in [0.717, 1.165) is 12.8 Å². The van der Waals surface area contributed by atoms with Crippen LogP contribution in [0.1, 0.15) is 35.8 Å². The summed E-state index contributed by atoms with van der Waals surface area (Å²) in [4.78, 5) is 28.9. The molecular formula is C21H25N3O7. The van der Waals surface area contributed by atoms with Gasteiger partial charge in [0, 0.05) is 18.4 Å². The molecule has 4 rings (SSSR count). The number of carbonyl (C=O) groups is 1. The molecule has 3 heterocycles. The number of hydrogen-bond donors (Lipinski definition) is 3. The number of carbonyl (C=O) groups excluding carboxylic acids is 1. The van der Waals surface area contributed by atoms with Gasteiger partial charge in [-0.15, -0.1) is 0 Å². The van der Waals surface area contributed by atoms with Crippen LogP contribution in [0, 0.1) is 0 Å². The molecule has 3 N–H and O–H groups in total. The lowest BCUT2D eigenvalue weighted by Crippen LogP contribution is -2.41. The van der Waals surface area contributed by atoms with E-state index >= 15 is 0 Å². The maximum atomic E-state index is 12.7. The summed E-state index contributed by atoms with van der Waals surface area (Å²) in [6.45, 7) is 0.121. The number of aliphatic hydroxyl groups is 2. The molecule has 1 aromatic carbocycles. The fraction of sp³-hybridized carbons (Fsp3) is 0.476. The summed E-state index contributed by atoms with van der Waals surface area (Å²) in [5, 5.41) is 22.6. The van der Waals surface area contributed by atoms with Crippen LogP contribution in [0.5, 0.6) is 0 Å². The smallest absolute Gasteiger partial charge is 0.351 e. The molecule has 2 saturated heterocycles. The summed E-state index contributed by atoms with van der Waals surface area (Å²) in [6.07, 6.45) is -0.576. The number of anilines is 1. The number of benzene rings is 1. The van der Waals surface area contributed by atoms with Gasteiger partial charge in [0.25, 0.3) is 5.91 Å². The first-order valence-corrected chi connectivity index (χ1v) is 10.2. The molecule has 0 radical (unpaired) electrons. The van der Waals surface area contributed by atoms with Crippen molar-refractivity contribution in [3.8, 4) is 0 Å². The van der Waals surface area contributed by atoms with Gasteiger partial charge in [-0.05, 0) is 37.5 Å². The summed E-state index contributed by atoms with van der Waals surface area (Å²) < 4.78 is 18.3. The highest BCUT2D eigenvalue weighted by Gasteiger charge is 2.47. The van der Waals surface area contributed by atoms with Crippen LogP contribution in [0.2, 0.25) is 0 Å². The van der Waals surface area contributed by atoms with E-state index < -0.39 is 49.0 Å². The predicted octanol–water partition coefficient (Wildman–Crippen LogP) is 0.658. The number of rotatable bonds is 6. The molecule has 2 aliphatic heterocycles. The van der Waals surface area contributed by atoms with Crippen molar-refractivity contribution in [1.29, 1.82) is 0 Å². The monoisotopic (exact) mass is 431 g/mol. The van der Waals surface area contributed by atoms with Gasteiger partial charge in [0.2, 0.25) is 0 Å². The molecule has 0 bridgehead atoms. The van der Waals surface area contributed by atoms with Gasteiger partial charge >= 0.3 is 5.69 Å². The molecule has 166 valence electrons. The lowest BCUT2D eigenvalue weighted by molar-refractivity contribution is -0.215. The molecule has 10 heteroatoms. The summed E-state index contributed by atoms with van der Waals surface area (Å²) >= 11 is 0. The second kappa shape index (κ2) is 9.67. The molecule has 31 heavy (non-hydrogen) atoms.